The number of benzene rings is 1. The topological polar surface area (TPSA) is 56.5 Å². The van der Waals surface area contributed by atoms with E-state index in [0.717, 1.165) is 5.56 Å². The summed E-state index contributed by atoms with van der Waals surface area (Å²) >= 11 is 0. The van der Waals surface area contributed by atoms with Gasteiger partial charge in [0.2, 0.25) is 0 Å². The molecule has 1 aliphatic heterocycles. The van der Waals surface area contributed by atoms with E-state index < -0.39 is 0 Å². The Morgan fingerprint density at radius 3 is 2.64 bits per heavy atom. The molecule has 0 bridgehead atoms. The van der Waals surface area contributed by atoms with Gasteiger partial charge in [-0.3, -0.25) is 4.79 Å². The van der Waals surface area contributed by atoms with Gasteiger partial charge in [-0.15, -0.1) is 0 Å². The van der Waals surface area contributed by atoms with Gasteiger partial charge in [0.05, 0.1) is 12.6 Å². The van der Waals surface area contributed by atoms with Crippen LogP contribution in [-0.2, 0) is 4.74 Å². The number of hydrogen-bond donors (Lipinski definition) is 0. The number of aromatic nitrogens is 1. The molecule has 0 radical (unpaired) electrons. The number of carbonyl (C=O) groups excluding carboxylic acids is 1. The zero-order chi connectivity index (χ0) is 15.5. The predicted octanol–water partition coefficient (Wildman–Crippen LogP) is 1.92. The van der Waals surface area contributed by atoms with Crippen molar-refractivity contribution in [2.75, 3.05) is 13.1 Å². The summed E-state index contributed by atoms with van der Waals surface area (Å²) in [6.45, 7) is 2.87. The molecule has 2 aromatic rings. The fourth-order valence-corrected chi connectivity index (χ4v) is 2.72. The van der Waals surface area contributed by atoms with Crippen LogP contribution in [0.15, 0.2) is 54.7 Å². The fourth-order valence-electron chi connectivity index (χ4n) is 2.72. The molecule has 22 heavy (non-hydrogen) atoms. The van der Waals surface area contributed by atoms with Crippen LogP contribution in [0.1, 0.15) is 29.1 Å². The third-order valence-electron chi connectivity index (χ3n) is 3.76. The maximum absolute atomic E-state index is 12.6. The van der Waals surface area contributed by atoms with Crippen molar-refractivity contribution in [2.45, 2.75) is 19.1 Å². The molecule has 1 saturated heterocycles. The number of hydrogen-bond acceptors (Lipinski definition) is 3. The molecule has 0 aliphatic carbocycles. The Hall–Kier alpha value is -2.40. The molecule has 2 atom stereocenters. The quantitative estimate of drug-likeness (QED) is 0.629. The lowest BCUT2D eigenvalue weighted by atomic mass is 10.1. The molecular formula is C17H18N2O3. The van der Waals surface area contributed by atoms with Crippen LogP contribution in [-0.4, -0.2) is 30.0 Å². The van der Waals surface area contributed by atoms with Crippen LogP contribution in [0.25, 0.3) is 0 Å². The molecule has 0 saturated carbocycles. The maximum Gasteiger partial charge on any atom is 0.320 e. The Balaban J connectivity index is 1.82. The summed E-state index contributed by atoms with van der Waals surface area (Å²) < 4.78 is 6.55. The first-order chi connectivity index (χ1) is 10.6. The van der Waals surface area contributed by atoms with Gasteiger partial charge in [0, 0.05) is 18.7 Å². The Morgan fingerprint density at radius 1 is 1.18 bits per heavy atom. The minimum absolute atomic E-state index is 0.0771. The Morgan fingerprint density at radius 2 is 1.91 bits per heavy atom. The lowest BCUT2D eigenvalue weighted by Crippen LogP contribution is -2.49. The van der Waals surface area contributed by atoms with E-state index in [1.807, 2.05) is 37.3 Å². The van der Waals surface area contributed by atoms with Crippen molar-refractivity contribution in [1.29, 1.82) is 0 Å². The second kappa shape index (κ2) is 6.15. The number of ether oxygens (including phenoxy) is 1. The molecule has 0 unspecified atom stereocenters. The molecule has 1 aromatic carbocycles. The smallest absolute Gasteiger partial charge is 0.320 e. The Kier molecular flexibility index (Phi) is 4.06. The molecule has 5 heteroatoms. The highest BCUT2D eigenvalue weighted by Gasteiger charge is 2.32. The van der Waals surface area contributed by atoms with Gasteiger partial charge in [0.1, 0.15) is 6.10 Å². The molecule has 2 heterocycles. The molecular weight excluding hydrogens is 280 g/mol. The molecule has 1 amide bonds. The van der Waals surface area contributed by atoms with Crippen LogP contribution in [0, 0.1) is 5.21 Å². The van der Waals surface area contributed by atoms with Crippen molar-refractivity contribution in [3.05, 3.63) is 71.2 Å². The van der Waals surface area contributed by atoms with Gasteiger partial charge in [-0.1, -0.05) is 30.3 Å². The van der Waals surface area contributed by atoms with E-state index in [1.54, 1.807) is 23.1 Å². The van der Waals surface area contributed by atoms with Gasteiger partial charge in [-0.05, 0) is 18.6 Å². The van der Waals surface area contributed by atoms with Gasteiger partial charge in [-0.2, -0.15) is 4.73 Å². The van der Waals surface area contributed by atoms with Gasteiger partial charge < -0.3 is 14.8 Å². The summed E-state index contributed by atoms with van der Waals surface area (Å²) in [5.41, 5.74) is 1.18. The van der Waals surface area contributed by atoms with Crippen molar-refractivity contribution >= 4 is 5.91 Å². The molecule has 1 fully saturated rings. The van der Waals surface area contributed by atoms with Crippen molar-refractivity contribution in [1.82, 2.24) is 4.90 Å². The summed E-state index contributed by atoms with van der Waals surface area (Å²) in [4.78, 5) is 14.3. The summed E-state index contributed by atoms with van der Waals surface area (Å²) in [6.07, 6.45) is 1.09. The van der Waals surface area contributed by atoms with Crippen molar-refractivity contribution < 1.29 is 14.3 Å². The first kappa shape index (κ1) is 14.5. The minimum Gasteiger partial charge on any atom is -0.618 e. The number of amides is 1. The average molecular weight is 298 g/mol. The molecule has 0 N–H and O–H groups in total. The van der Waals surface area contributed by atoms with Gasteiger partial charge >= 0.3 is 5.91 Å². The first-order valence-corrected chi connectivity index (χ1v) is 7.33. The number of nitrogens with zero attached hydrogens (tertiary/aromatic N) is 2. The summed E-state index contributed by atoms with van der Waals surface area (Å²) in [6, 6.07) is 14.7. The van der Waals surface area contributed by atoms with Crippen LogP contribution in [0.5, 0.6) is 0 Å². The van der Waals surface area contributed by atoms with Gasteiger partial charge in [-0.25, -0.2) is 0 Å². The molecule has 3 rings (SSSR count). The monoisotopic (exact) mass is 298 g/mol. The van der Waals surface area contributed by atoms with E-state index >= 15 is 0 Å². The zero-order valence-corrected chi connectivity index (χ0v) is 12.4. The van der Waals surface area contributed by atoms with Crippen LogP contribution in [0.2, 0.25) is 0 Å². The van der Waals surface area contributed by atoms with E-state index in [-0.39, 0.29) is 23.8 Å². The largest absolute Gasteiger partial charge is 0.618 e. The van der Waals surface area contributed by atoms with Crippen LogP contribution in [0.3, 0.4) is 0 Å². The fraction of sp³-hybridized carbons (Fsp3) is 0.294. The van der Waals surface area contributed by atoms with Crippen LogP contribution >= 0.6 is 0 Å². The minimum atomic E-state index is -0.258. The van der Waals surface area contributed by atoms with E-state index in [1.165, 1.54) is 6.20 Å². The lowest BCUT2D eigenvalue weighted by molar-refractivity contribution is -0.608. The van der Waals surface area contributed by atoms with E-state index in [2.05, 4.69) is 0 Å². The predicted molar refractivity (Wildman–Crippen MR) is 81.0 cm³/mol. The number of rotatable bonds is 2. The Labute approximate surface area is 129 Å². The van der Waals surface area contributed by atoms with Gasteiger partial charge in [0.15, 0.2) is 6.20 Å². The van der Waals surface area contributed by atoms with E-state index in [0.29, 0.717) is 17.8 Å². The molecule has 5 nitrogen and oxygen atoms in total. The number of pyridine rings is 1. The molecule has 1 aromatic heterocycles. The van der Waals surface area contributed by atoms with Crippen molar-refractivity contribution in [3.63, 3.8) is 0 Å². The highest BCUT2D eigenvalue weighted by Crippen LogP contribution is 2.25. The summed E-state index contributed by atoms with van der Waals surface area (Å²) in [7, 11) is 0. The zero-order valence-electron chi connectivity index (χ0n) is 12.4. The van der Waals surface area contributed by atoms with Crippen molar-refractivity contribution in [2.24, 2.45) is 0 Å². The number of carbonyl (C=O) groups is 1. The van der Waals surface area contributed by atoms with Crippen molar-refractivity contribution in [3.8, 4) is 0 Å². The third-order valence-corrected chi connectivity index (χ3v) is 3.76. The summed E-state index contributed by atoms with van der Waals surface area (Å²) in [5, 5.41) is 11.8. The SMILES string of the molecule is C[C@H]1CN(C(=O)c2cccc[n+]2[O-])C[C@H](c2ccccc2)O1. The standard InChI is InChI=1S/C17H18N2O3/c1-13-11-18(17(20)15-9-5-6-10-19(15)21)12-16(22-13)14-7-3-2-4-8-14/h2-10,13,16H,11-12H2,1H3/t13-,16+/m0/s1. The third kappa shape index (κ3) is 2.94. The highest BCUT2D eigenvalue weighted by molar-refractivity contribution is 5.91. The second-order valence-corrected chi connectivity index (χ2v) is 5.47. The summed E-state index contributed by atoms with van der Waals surface area (Å²) in [5.74, 6) is -0.258. The number of morpholine rings is 1. The van der Waals surface area contributed by atoms with Crippen LogP contribution in [0.4, 0.5) is 0 Å². The van der Waals surface area contributed by atoms with Crippen LogP contribution < -0.4 is 4.73 Å². The lowest BCUT2D eigenvalue weighted by Gasteiger charge is -2.36. The van der Waals surface area contributed by atoms with Gasteiger partial charge in [0.25, 0.3) is 5.69 Å². The second-order valence-electron chi connectivity index (χ2n) is 5.47. The molecule has 1 aliphatic rings. The normalized spacial score (nSPS) is 21.6. The molecule has 0 spiro atoms. The Bertz CT molecular complexity index is 660. The first-order valence-electron chi connectivity index (χ1n) is 7.33. The molecule has 114 valence electrons. The highest BCUT2D eigenvalue weighted by atomic mass is 16.5. The maximum atomic E-state index is 12.6. The van der Waals surface area contributed by atoms with E-state index in [9.17, 15) is 10.0 Å². The van der Waals surface area contributed by atoms with E-state index in [4.69, 9.17) is 4.74 Å². The average Bonchev–Trinajstić information content (AvgIpc) is 2.55.